The van der Waals surface area contributed by atoms with E-state index < -0.39 is 20.6 Å². The van der Waals surface area contributed by atoms with Gasteiger partial charge in [0.25, 0.3) is 0 Å². The molecule has 3 unspecified atom stereocenters. The van der Waals surface area contributed by atoms with Gasteiger partial charge in [-0.3, -0.25) is 4.21 Å². The van der Waals surface area contributed by atoms with Crippen molar-refractivity contribution in [2.45, 2.75) is 37.5 Å². The van der Waals surface area contributed by atoms with E-state index in [1.807, 2.05) is 0 Å². The summed E-state index contributed by atoms with van der Waals surface area (Å²) >= 11 is 0. The molecule has 0 aromatic heterocycles. The molecule has 1 saturated carbocycles. The van der Waals surface area contributed by atoms with Crippen molar-refractivity contribution in [3.8, 4) is 0 Å². The van der Waals surface area contributed by atoms with Gasteiger partial charge in [0.2, 0.25) is 0 Å². The summed E-state index contributed by atoms with van der Waals surface area (Å²) in [6, 6.07) is 0.470. The third-order valence-corrected chi connectivity index (χ3v) is 5.89. The van der Waals surface area contributed by atoms with Crippen LogP contribution < -0.4 is 5.32 Å². The zero-order chi connectivity index (χ0) is 12.2. The van der Waals surface area contributed by atoms with Crippen molar-refractivity contribution >= 4 is 20.6 Å². The maximum Gasteiger partial charge on any atom is 0.148 e. The predicted octanol–water partition coefficient (Wildman–Crippen LogP) is 0.310. The highest BCUT2D eigenvalue weighted by molar-refractivity contribution is 7.92. The lowest BCUT2D eigenvalue weighted by Gasteiger charge is -2.11. The van der Waals surface area contributed by atoms with E-state index in [9.17, 15) is 12.6 Å². The largest absolute Gasteiger partial charge is 0.314 e. The molecule has 6 heteroatoms. The molecule has 0 aliphatic heterocycles. The second-order valence-electron chi connectivity index (χ2n) is 4.40. The van der Waals surface area contributed by atoms with Gasteiger partial charge in [0.1, 0.15) is 9.84 Å². The van der Waals surface area contributed by atoms with Crippen molar-refractivity contribution in [2.75, 3.05) is 24.3 Å². The van der Waals surface area contributed by atoms with Gasteiger partial charge in [-0.1, -0.05) is 6.92 Å². The average molecular weight is 267 g/mol. The molecule has 0 aromatic rings. The van der Waals surface area contributed by atoms with Crippen LogP contribution in [0.2, 0.25) is 0 Å². The predicted molar refractivity (Wildman–Crippen MR) is 67.8 cm³/mol. The first kappa shape index (κ1) is 14.1. The molecule has 16 heavy (non-hydrogen) atoms. The minimum atomic E-state index is -2.98. The van der Waals surface area contributed by atoms with Crippen LogP contribution in [0.3, 0.4) is 0 Å². The van der Waals surface area contributed by atoms with Crippen molar-refractivity contribution in [3.63, 3.8) is 0 Å². The van der Waals surface area contributed by atoms with Crippen LogP contribution in [0.15, 0.2) is 0 Å². The number of sulfone groups is 1. The Morgan fingerprint density at radius 3 is 2.62 bits per heavy atom. The summed E-state index contributed by atoms with van der Waals surface area (Å²) < 4.78 is 33.8. The highest BCUT2D eigenvalue weighted by Gasteiger charge is 2.28. The minimum Gasteiger partial charge on any atom is -0.314 e. The zero-order valence-electron chi connectivity index (χ0n) is 9.94. The van der Waals surface area contributed by atoms with E-state index in [0.29, 0.717) is 11.8 Å². The van der Waals surface area contributed by atoms with Crippen molar-refractivity contribution in [2.24, 2.45) is 0 Å². The maximum atomic E-state index is 11.9. The van der Waals surface area contributed by atoms with Gasteiger partial charge >= 0.3 is 0 Å². The Hall–Kier alpha value is 0.0600. The lowest BCUT2D eigenvalue weighted by molar-refractivity contribution is 0.542. The monoisotopic (exact) mass is 267 g/mol. The summed E-state index contributed by atoms with van der Waals surface area (Å²) in [4.78, 5) is 0. The van der Waals surface area contributed by atoms with Crippen molar-refractivity contribution < 1.29 is 12.6 Å². The van der Waals surface area contributed by atoms with Crippen LogP contribution in [0, 0.1) is 0 Å². The molecule has 0 bridgehead atoms. The van der Waals surface area contributed by atoms with Gasteiger partial charge in [-0.25, -0.2) is 8.42 Å². The summed E-state index contributed by atoms with van der Waals surface area (Å²) in [6.07, 6.45) is 4.13. The van der Waals surface area contributed by atoms with Crippen LogP contribution in [0.4, 0.5) is 0 Å². The lowest BCUT2D eigenvalue weighted by atomic mass is 10.2. The quantitative estimate of drug-likeness (QED) is 0.752. The van der Waals surface area contributed by atoms with Crippen molar-refractivity contribution in [1.29, 1.82) is 0 Å². The SMILES string of the molecule is CCNC1CCC(S(=O)CCS(C)(=O)=O)C1. The average Bonchev–Trinajstić information content (AvgIpc) is 2.62. The molecule has 0 amide bonds. The van der Waals surface area contributed by atoms with E-state index >= 15 is 0 Å². The van der Waals surface area contributed by atoms with Gasteiger partial charge in [0.05, 0.1) is 5.75 Å². The summed E-state index contributed by atoms with van der Waals surface area (Å²) in [7, 11) is -3.97. The Morgan fingerprint density at radius 1 is 1.38 bits per heavy atom. The summed E-state index contributed by atoms with van der Waals surface area (Å²) in [5, 5.41) is 3.53. The third-order valence-electron chi connectivity index (χ3n) is 2.90. The van der Waals surface area contributed by atoms with Gasteiger partial charge in [-0.2, -0.15) is 0 Å². The molecule has 1 aliphatic carbocycles. The molecule has 0 radical (unpaired) electrons. The summed E-state index contributed by atoms with van der Waals surface area (Å²) in [5.74, 6) is 0.338. The first-order valence-corrected chi connectivity index (χ1v) is 9.15. The molecule has 1 aliphatic rings. The molecular formula is C10H21NO3S2. The fourth-order valence-corrected chi connectivity index (χ4v) is 5.10. The maximum absolute atomic E-state index is 11.9. The van der Waals surface area contributed by atoms with Crippen LogP contribution in [-0.4, -0.2) is 48.2 Å². The van der Waals surface area contributed by atoms with Gasteiger partial charge in [-0.05, 0) is 25.8 Å². The Kier molecular flexibility index (Phi) is 5.40. The number of hydrogen-bond acceptors (Lipinski definition) is 4. The fraction of sp³-hybridized carbons (Fsp3) is 1.00. The fourth-order valence-electron chi connectivity index (χ4n) is 2.05. The van der Waals surface area contributed by atoms with Crippen LogP contribution in [-0.2, 0) is 20.6 Å². The summed E-state index contributed by atoms with van der Waals surface area (Å²) in [6.45, 7) is 3.00. The third kappa shape index (κ3) is 4.93. The molecule has 0 saturated heterocycles. The van der Waals surface area contributed by atoms with Gasteiger partial charge in [0.15, 0.2) is 0 Å². The van der Waals surface area contributed by atoms with E-state index in [4.69, 9.17) is 0 Å². The van der Waals surface area contributed by atoms with E-state index in [1.54, 1.807) is 0 Å². The number of nitrogens with one attached hydrogen (secondary N) is 1. The summed E-state index contributed by atoms with van der Waals surface area (Å²) in [5.41, 5.74) is 0. The second kappa shape index (κ2) is 6.12. The van der Waals surface area contributed by atoms with Gasteiger partial charge in [-0.15, -0.1) is 0 Å². The van der Waals surface area contributed by atoms with Crippen LogP contribution >= 0.6 is 0 Å². The van der Waals surface area contributed by atoms with E-state index in [2.05, 4.69) is 12.2 Å². The minimum absolute atomic E-state index is 0.0436. The molecule has 1 N–H and O–H groups in total. The Labute approximate surface area is 101 Å². The molecule has 1 rings (SSSR count). The smallest absolute Gasteiger partial charge is 0.148 e. The topological polar surface area (TPSA) is 63.2 Å². The zero-order valence-corrected chi connectivity index (χ0v) is 11.6. The van der Waals surface area contributed by atoms with Crippen LogP contribution in [0.25, 0.3) is 0 Å². The molecule has 96 valence electrons. The highest BCUT2D eigenvalue weighted by atomic mass is 32.2. The first-order chi connectivity index (χ1) is 7.42. The normalized spacial score (nSPS) is 28.1. The molecule has 1 fully saturated rings. The van der Waals surface area contributed by atoms with E-state index in [0.717, 1.165) is 25.8 Å². The standard InChI is InChI=1S/C10H21NO3S2/c1-3-11-9-4-5-10(8-9)15(12)6-7-16(2,13)14/h9-11H,3-8H2,1-2H3. The van der Waals surface area contributed by atoms with Crippen LogP contribution in [0.5, 0.6) is 0 Å². The lowest BCUT2D eigenvalue weighted by Crippen LogP contribution is -2.27. The number of rotatable bonds is 6. The van der Waals surface area contributed by atoms with E-state index in [1.165, 1.54) is 6.26 Å². The molecule has 3 atom stereocenters. The van der Waals surface area contributed by atoms with Gasteiger partial charge in [0, 0.05) is 34.1 Å². The van der Waals surface area contributed by atoms with Crippen LogP contribution in [0.1, 0.15) is 26.2 Å². The van der Waals surface area contributed by atoms with Crippen molar-refractivity contribution in [1.82, 2.24) is 5.32 Å². The Balaban J connectivity index is 2.34. The highest BCUT2D eigenvalue weighted by Crippen LogP contribution is 2.23. The molecule has 0 heterocycles. The first-order valence-electron chi connectivity index (χ1n) is 5.70. The molecule has 0 spiro atoms. The van der Waals surface area contributed by atoms with Crippen molar-refractivity contribution in [3.05, 3.63) is 0 Å². The second-order valence-corrected chi connectivity index (χ2v) is 8.50. The van der Waals surface area contributed by atoms with E-state index in [-0.39, 0.29) is 11.0 Å². The Morgan fingerprint density at radius 2 is 2.06 bits per heavy atom. The molecular weight excluding hydrogens is 246 g/mol. The van der Waals surface area contributed by atoms with Gasteiger partial charge < -0.3 is 5.32 Å². The Bertz CT molecular complexity index is 340. The number of hydrogen-bond donors (Lipinski definition) is 1. The molecule has 0 aromatic carbocycles. The molecule has 4 nitrogen and oxygen atoms in total.